The van der Waals surface area contributed by atoms with Gasteiger partial charge >= 0.3 is 0 Å². The molecule has 1 rings (SSSR count). The molecule has 0 amide bonds. The van der Waals surface area contributed by atoms with Crippen molar-refractivity contribution in [1.82, 2.24) is 8.75 Å². The first-order valence-electron chi connectivity index (χ1n) is 2.59. The molecule has 0 saturated heterocycles. The van der Waals surface area contributed by atoms with Crippen LogP contribution in [0.15, 0.2) is 6.20 Å². The van der Waals surface area contributed by atoms with Gasteiger partial charge in [-0.25, -0.2) is 0 Å². The number of ketones is 1. The summed E-state index contributed by atoms with van der Waals surface area (Å²) >= 11 is 1.00. The van der Waals surface area contributed by atoms with Gasteiger partial charge in [-0.2, -0.15) is 8.75 Å². The van der Waals surface area contributed by atoms with Crippen LogP contribution >= 0.6 is 11.7 Å². The molecule has 1 heterocycles. The monoisotopic (exact) mass is 152 g/mol. The van der Waals surface area contributed by atoms with Crippen LogP contribution < -0.4 is 0 Å². The largest absolute Gasteiger partial charge is 0.291 e. The average Bonchev–Trinajstić information content (AvgIpc) is 2.38. The fourth-order valence-electron chi connectivity index (χ4n) is 0.471. The maximum absolute atomic E-state index is 10.9. The van der Waals surface area contributed by atoms with Crippen molar-refractivity contribution in [2.75, 3.05) is 0 Å². The van der Waals surface area contributed by atoms with Gasteiger partial charge < -0.3 is 0 Å². The Labute approximate surface area is 62.4 Å². The maximum atomic E-state index is 10.9. The Bertz CT molecular complexity index is 260. The van der Waals surface area contributed by atoms with Crippen LogP contribution in [0, 0.1) is 12.3 Å². The fraction of sp³-hybridized carbons (Fsp3) is 0.167. The molecule has 0 unspecified atom stereocenters. The first-order chi connectivity index (χ1) is 4.84. The molecular weight excluding hydrogens is 148 g/mol. The van der Waals surface area contributed by atoms with Crippen molar-refractivity contribution in [1.29, 1.82) is 0 Å². The van der Waals surface area contributed by atoms with Crippen molar-refractivity contribution in [3.63, 3.8) is 0 Å². The van der Waals surface area contributed by atoms with E-state index in [0.717, 1.165) is 11.7 Å². The lowest BCUT2D eigenvalue weighted by molar-refractivity contribution is 0.0994. The van der Waals surface area contributed by atoms with E-state index in [-0.39, 0.29) is 12.2 Å². The van der Waals surface area contributed by atoms with Crippen LogP contribution in [0.4, 0.5) is 0 Å². The normalized spacial score (nSPS) is 8.70. The summed E-state index contributed by atoms with van der Waals surface area (Å²) in [5.74, 6) is 2.10. The molecule has 50 valence electrons. The van der Waals surface area contributed by atoms with E-state index >= 15 is 0 Å². The van der Waals surface area contributed by atoms with Crippen molar-refractivity contribution in [3.8, 4) is 12.3 Å². The van der Waals surface area contributed by atoms with Gasteiger partial charge in [-0.05, 0) is 0 Å². The molecule has 0 saturated carbocycles. The standard InChI is InChI=1S/C6H4N2OS/c1-2-3-6(9)5-4-7-10-8-5/h1,4H,3H2. The minimum Gasteiger partial charge on any atom is -0.291 e. The zero-order valence-electron chi connectivity index (χ0n) is 5.07. The number of hydrogen-bond donors (Lipinski definition) is 0. The third kappa shape index (κ3) is 1.39. The Morgan fingerprint density at radius 1 is 1.90 bits per heavy atom. The van der Waals surface area contributed by atoms with Crippen molar-refractivity contribution >= 4 is 17.5 Å². The third-order valence-electron chi connectivity index (χ3n) is 0.910. The molecule has 0 aliphatic carbocycles. The highest BCUT2D eigenvalue weighted by atomic mass is 32.1. The van der Waals surface area contributed by atoms with Crippen LogP contribution in [-0.4, -0.2) is 14.5 Å². The van der Waals surface area contributed by atoms with Crippen LogP contribution in [0.2, 0.25) is 0 Å². The van der Waals surface area contributed by atoms with Crippen LogP contribution in [0.5, 0.6) is 0 Å². The number of nitrogens with zero attached hydrogens (tertiary/aromatic N) is 2. The van der Waals surface area contributed by atoms with Gasteiger partial charge in [0.2, 0.25) is 0 Å². The van der Waals surface area contributed by atoms with E-state index in [9.17, 15) is 4.79 Å². The lowest BCUT2D eigenvalue weighted by Gasteiger charge is -1.83. The van der Waals surface area contributed by atoms with Crippen LogP contribution in [-0.2, 0) is 0 Å². The molecular formula is C6H4N2OS. The average molecular weight is 152 g/mol. The number of terminal acetylenes is 1. The second kappa shape index (κ2) is 3.08. The maximum Gasteiger partial charge on any atom is 0.195 e. The highest BCUT2D eigenvalue weighted by Gasteiger charge is 2.05. The molecule has 0 aromatic carbocycles. The zero-order valence-corrected chi connectivity index (χ0v) is 5.89. The molecule has 3 nitrogen and oxygen atoms in total. The number of carbonyl (C=O) groups is 1. The van der Waals surface area contributed by atoms with E-state index in [1.165, 1.54) is 6.20 Å². The lowest BCUT2D eigenvalue weighted by atomic mass is 10.2. The van der Waals surface area contributed by atoms with Crippen molar-refractivity contribution < 1.29 is 4.79 Å². The first-order valence-corrected chi connectivity index (χ1v) is 3.32. The summed E-state index contributed by atoms with van der Waals surface area (Å²) in [6, 6.07) is 0. The van der Waals surface area contributed by atoms with Gasteiger partial charge in [-0.3, -0.25) is 4.79 Å². The summed E-state index contributed by atoms with van der Waals surface area (Å²) in [4.78, 5) is 10.9. The number of Topliss-reactive ketones (excluding diaryl/α,β-unsaturated/α-hetero) is 1. The highest BCUT2D eigenvalue weighted by molar-refractivity contribution is 6.99. The lowest BCUT2D eigenvalue weighted by Crippen LogP contribution is -1.96. The van der Waals surface area contributed by atoms with Gasteiger partial charge in [0.25, 0.3) is 0 Å². The summed E-state index contributed by atoms with van der Waals surface area (Å²) in [6.45, 7) is 0. The van der Waals surface area contributed by atoms with Gasteiger partial charge in [0.1, 0.15) is 5.69 Å². The molecule has 1 aromatic rings. The van der Waals surface area contributed by atoms with E-state index < -0.39 is 0 Å². The SMILES string of the molecule is C#CCC(=O)c1cnsn1. The van der Waals surface area contributed by atoms with E-state index in [0.29, 0.717) is 5.69 Å². The molecule has 0 aliphatic rings. The second-order valence-corrected chi connectivity index (χ2v) is 2.15. The van der Waals surface area contributed by atoms with Crippen molar-refractivity contribution in [2.45, 2.75) is 6.42 Å². The second-order valence-electron chi connectivity index (χ2n) is 1.60. The topological polar surface area (TPSA) is 42.9 Å². The van der Waals surface area contributed by atoms with Crippen LogP contribution in [0.3, 0.4) is 0 Å². The van der Waals surface area contributed by atoms with E-state index in [1.807, 2.05) is 0 Å². The summed E-state index contributed by atoms with van der Waals surface area (Å²) in [7, 11) is 0. The molecule has 10 heavy (non-hydrogen) atoms. The van der Waals surface area contributed by atoms with Crippen LogP contribution in [0.25, 0.3) is 0 Å². The molecule has 0 N–H and O–H groups in total. The Balaban J connectivity index is 2.71. The first kappa shape index (κ1) is 6.90. The fourth-order valence-corrected chi connectivity index (χ4v) is 0.902. The Kier molecular flexibility index (Phi) is 2.13. The van der Waals surface area contributed by atoms with E-state index in [2.05, 4.69) is 14.7 Å². The van der Waals surface area contributed by atoms with Gasteiger partial charge in [0.05, 0.1) is 24.3 Å². The Hall–Kier alpha value is -1.21. The highest BCUT2D eigenvalue weighted by Crippen LogP contribution is 1.98. The molecule has 0 radical (unpaired) electrons. The molecule has 0 fully saturated rings. The molecule has 0 aliphatic heterocycles. The summed E-state index contributed by atoms with van der Waals surface area (Å²) in [6.07, 6.45) is 6.44. The van der Waals surface area contributed by atoms with E-state index in [1.54, 1.807) is 0 Å². The van der Waals surface area contributed by atoms with Gasteiger partial charge in [-0.1, -0.05) is 5.92 Å². The Morgan fingerprint density at radius 3 is 3.20 bits per heavy atom. The third-order valence-corrected chi connectivity index (χ3v) is 1.39. The van der Waals surface area contributed by atoms with Gasteiger partial charge in [0, 0.05) is 0 Å². The smallest absolute Gasteiger partial charge is 0.195 e. The molecule has 1 aromatic heterocycles. The molecule has 0 spiro atoms. The van der Waals surface area contributed by atoms with Gasteiger partial charge in [-0.15, -0.1) is 6.42 Å². The summed E-state index contributed by atoms with van der Waals surface area (Å²) in [5.41, 5.74) is 0.364. The predicted octanol–water partition coefficient (Wildman–Crippen LogP) is 0.744. The Morgan fingerprint density at radius 2 is 2.70 bits per heavy atom. The molecule has 0 bridgehead atoms. The minimum absolute atomic E-state index is 0.103. The predicted molar refractivity (Wildman–Crippen MR) is 37.7 cm³/mol. The number of rotatable bonds is 2. The zero-order chi connectivity index (χ0) is 7.40. The van der Waals surface area contributed by atoms with Crippen molar-refractivity contribution in [3.05, 3.63) is 11.9 Å². The number of carbonyl (C=O) groups excluding carboxylic acids is 1. The quantitative estimate of drug-likeness (QED) is 0.463. The molecule has 0 atom stereocenters. The summed E-state index contributed by atoms with van der Waals surface area (Å²) < 4.78 is 7.39. The van der Waals surface area contributed by atoms with Gasteiger partial charge in [0.15, 0.2) is 5.78 Å². The minimum atomic E-state index is -0.142. The number of aromatic nitrogens is 2. The summed E-state index contributed by atoms with van der Waals surface area (Å²) in [5, 5.41) is 0. The van der Waals surface area contributed by atoms with Crippen LogP contribution in [0.1, 0.15) is 16.9 Å². The molecule has 4 heteroatoms. The number of hydrogen-bond acceptors (Lipinski definition) is 4. The van der Waals surface area contributed by atoms with Crippen molar-refractivity contribution in [2.24, 2.45) is 0 Å². The van der Waals surface area contributed by atoms with E-state index in [4.69, 9.17) is 6.42 Å².